The van der Waals surface area contributed by atoms with Crippen LogP contribution in [-0.2, 0) is 17.9 Å². The standard InChI is InChI=1S/C20H25ClN2O2.2ClH/c21-19-7-3-1-6-18(19)16-25-20-8-4-2-5-17(20)15-22-9-10-23-11-13-24-14-12-23;;/h1-8,22H,9-16H2;2*1H. The number of hydrogen-bond donors (Lipinski definition) is 1. The summed E-state index contributed by atoms with van der Waals surface area (Å²) in [7, 11) is 0. The number of para-hydroxylation sites is 1. The average Bonchev–Trinajstić information content (AvgIpc) is 2.66. The first-order valence-electron chi connectivity index (χ1n) is 8.78. The first-order chi connectivity index (χ1) is 12.3. The van der Waals surface area contributed by atoms with Crippen molar-refractivity contribution >= 4 is 36.4 Å². The predicted molar refractivity (Wildman–Crippen MR) is 116 cm³/mol. The molecule has 3 rings (SSSR count). The van der Waals surface area contributed by atoms with Crippen LogP contribution in [0.15, 0.2) is 48.5 Å². The van der Waals surface area contributed by atoms with Crippen LogP contribution in [0.25, 0.3) is 0 Å². The van der Waals surface area contributed by atoms with Gasteiger partial charge in [0.1, 0.15) is 12.4 Å². The van der Waals surface area contributed by atoms with E-state index in [0.29, 0.717) is 6.61 Å². The average molecular weight is 434 g/mol. The van der Waals surface area contributed by atoms with E-state index in [0.717, 1.165) is 67.8 Å². The molecule has 1 saturated heterocycles. The zero-order valence-electron chi connectivity index (χ0n) is 15.2. The lowest BCUT2D eigenvalue weighted by Gasteiger charge is -2.26. The summed E-state index contributed by atoms with van der Waals surface area (Å²) >= 11 is 6.20. The van der Waals surface area contributed by atoms with Crippen molar-refractivity contribution in [3.05, 3.63) is 64.7 Å². The molecule has 7 heteroatoms. The Morgan fingerprint density at radius 3 is 2.37 bits per heavy atom. The topological polar surface area (TPSA) is 33.7 Å². The highest BCUT2D eigenvalue weighted by Gasteiger charge is 2.09. The second-order valence-corrected chi connectivity index (χ2v) is 6.53. The molecule has 150 valence electrons. The first-order valence-corrected chi connectivity index (χ1v) is 9.15. The summed E-state index contributed by atoms with van der Waals surface area (Å²) in [5, 5.41) is 4.25. The number of rotatable bonds is 8. The van der Waals surface area contributed by atoms with Gasteiger partial charge in [-0.2, -0.15) is 0 Å². The van der Waals surface area contributed by atoms with E-state index in [9.17, 15) is 0 Å². The number of nitrogens with zero attached hydrogens (tertiary/aromatic N) is 1. The Labute approximate surface area is 179 Å². The van der Waals surface area contributed by atoms with Crippen LogP contribution in [0.3, 0.4) is 0 Å². The molecule has 2 aromatic rings. The molecule has 0 amide bonds. The Balaban J connectivity index is 0.00000182. The fraction of sp³-hybridized carbons (Fsp3) is 0.400. The molecule has 1 aliphatic heterocycles. The number of morpholine rings is 1. The molecule has 0 aliphatic carbocycles. The van der Waals surface area contributed by atoms with Gasteiger partial charge in [0.15, 0.2) is 0 Å². The van der Waals surface area contributed by atoms with E-state index >= 15 is 0 Å². The molecule has 0 aromatic heterocycles. The van der Waals surface area contributed by atoms with Gasteiger partial charge >= 0.3 is 0 Å². The maximum absolute atomic E-state index is 6.20. The third kappa shape index (κ3) is 7.86. The van der Waals surface area contributed by atoms with Crippen molar-refractivity contribution in [3.63, 3.8) is 0 Å². The van der Waals surface area contributed by atoms with E-state index in [1.807, 2.05) is 42.5 Å². The van der Waals surface area contributed by atoms with E-state index in [4.69, 9.17) is 21.1 Å². The van der Waals surface area contributed by atoms with E-state index in [2.05, 4.69) is 16.3 Å². The van der Waals surface area contributed by atoms with Gasteiger partial charge in [0.25, 0.3) is 0 Å². The van der Waals surface area contributed by atoms with Crippen LogP contribution in [0.2, 0.25) is 5.02 Å². The molecule has 1 fully saturated rings. The van der Waals surface area contributed by atoms with Gasteiger partial charge in [-0.25, -0.2) is 0 Å². The van der Waals surface area contributed by atoms with Crippen LogP contribution in [0.4, 0.5) is 0 Å². The number of benzene rings is 2. The van der Waals surface area contributed by atoms with Crippen LogP contribution in [-0.4, -0.2) is 44.3 Å². The van der Waals surface area contributed by atoms with Gasteiger partial charge in [-0.1, -0.05) is 48.0 Å². The molecule has 1 heterocycles. The maximum atomic E-state index is 6.20. The third-order valence-electron chi connectivity index (χ3n) is 4.34. The highest BCUT2D eigenvalue weighted by Crippen LogP contribution is 2.21. The molecule has 0 radical (unpaired) electrons. The van der Waals surface area contributed by atoms with E-state index in [1.165, 1.54) is 0 Å². The third-order valence-corrected chi connectivity index (χ3v) is 4.71. The first kappa shape index (κ1) is 24.0. The van der Waals surface area contributed by atoms with Crippen molar-refractivity contribution in [3.8, 4) is 5.75 Å². The molecule has 1 aliphatic rings. The molecule has 2 aromatic carbocycles. The van der Waals surface area contributed by atoms with Crippen molar-refractivity contribution in [2.75, 3.05) is 39.4 Å². The van der Waals surface area contributed by atoms with Gasteiger partial charge in [0, 0.05) is 48.9 Å². The lowest BCUT2D eigenvalue weighted by Crippen LogP contribution is -2.40. The van der Waals surface area contributed by atoms with Gasteiger partial charge in [-0.3, -0.25) is 4.90 Å². The van der Waals surface area contributed by atoms with Crippen LogP contribution < -0.4 is 10.1 Å². The normalized spacial score (nSPS) is 14.1. The summed E-state index contributed by atoms with van der Waals surface area (Å²) < 4.78 is 11.4. The predicted octanol–water partition coefficient (Wildman–Crippen LogP) is 4.18. The van der Waals surface area contributed by atoms with Crippen molar-refractivity contribution in [2.24, 2.45) is 0 Å². The summed E-state index contributed by atoms with van der Waals surface area (Å²) in [5.74, 6) is 0.904. The Bertz CT molecular complexity index is 667. The van der Waals surface area contributed by atoms with E-state index in [1.54, 1.807) is 0 Å². The Morgan fingerprint density at radius 1 is 0.963 bits per heavy atom. The Kier molecular flexibility index (Phi) is 11.8. The van der Waals surface area contributed by atoms with Crippen LogP contribution in [0.1, 0.15) is 11.1 Å². The number of ether oxygens (including phenoxy) is 2. The van der Waals surface area contributed by atoms with Crippen LogP contribution in [0, 0.1) is 0 Å². The van der Waals surface area contributed by atoms with Gasteiger partial charge < -0.3 is 14.8 Å². The molecule has 0 spiro atoms. The van der Waals surface area contributed by atoms with Gasteiger partial charge in [0.05, 0.1) is 13.2 Å². The Morgan fingerprint density at radius 2 is 1.63 bits per heavy atom. The van der Waals surface area contributed by atoms with Crippen molar-refractivity contribution in [1.82, 2.24) is 10.2 Å². The largest absolute Gasteiger partial charge is 0.489 e. The second kappa shape index (κ2) is 13.2. The Hall–Kier alpha value is -1.01. The van der Waals surface area contributed by atoms with Crippen LogP contribution >= 0.6 is 36.4 Å². The van der Waals surface area contributed by atoms with Crippen molar-refractivity contribution < 1.29 is 9.47 Å². The maximum Gasteiger partial charge on any atom is 0.124 e. The highest BCUT2D eigenvalue weighted by molar-refractivity contribution is 6.31. The summed E-state index contributed by atoms with van der Waals surface area (Å²) in [6.45, 7) is 7.02. The molecule has 0 atom stereocenters. The number of halogens is 3. The molecule has 27 heavy (non-hydrogen) atoms. The van der Waals surface area contributed by atoms with Crippen molar-refractivity contribution in [1.29, 1.82) is 0 Å². The van der Waals surface area contributed by atoms with E-state index < -0.39 is 0 Å². The smallest absolute Gasteiger partial charge is 0.124 e. The molecule has 0 bridgehead atoms. The fourth-order valence-electron chi connectivity index (χ4n) is 2.85. The summed E-state index contributed by atoms with van der Waals surface area (Å²) in [6, 6.07) is 15.9. The zero-order valence-corrected chi connectivity index (χ0v) is 17.6. The summed E-state index contributed by atoms with van der Waals surface area (Å²) in [5.41, 5.74) is 2.16. The fourth-order valence-corrected chi connectivity index (χ4v) is 3.04. The summed E-state index contributed by atoms with van der Waals surface area (Å²) in [6.07, 6.45) is 0. The second-order valence-electron chi connectivity index (χ2n) is 6.12. The minimum absolute atomic E-state index is 0. The zero-order chi connectivity index (χ0) is 17.3. The van der Waals surface area contributed by atoms with Gasteiger partial charge in [0.2, 0.25) is 0 Å². The van der Waals surface area contributed by atoms with Gasteiger partial charge in [-0.05, 0) is 12.1 Å². The molecule has 0 unspecified atom stereocenters. The monoisotopic (exact) mass is 432 g/mol. The minimum atomic E-state index is 0. The molecule has 0 saturated carbocycles. The quantitative estimate of drug-likeness (QED) is 0.633. The van der Waals surface area contributed by atoms with Gasteiger partial charge in [-0.15, -0.1) is 24.8 Å². The minimum Gasteiger partial charge on any atom is -0.489 e. The lowest BCUT2D eigenvalue weighted by molar-refractivity contribution is 0.0384. The molecule has 4 nitrogen and oxygen atoms in total. The van der Waals surface area contributed by atoms with Crippen LogP contribution in [0.5, 0.6) is 5.75 Å². The molecular weight excluding hydrogens is 407 g/mol. The van der Waals surface area contributed by atoms with Crippen molar-refractivity contribution in [2.45, 2.75) is 13.2 Å². The van der Waals surface area contributed by atoms with E-state index in [-0.39, 0.29) is 24.8 Å². The SMILES string of the molecule is Cl.Cl.Clc1ccccc1COc1ccccc1CNCCN1CCOCC1. The molecular formula is C20H27Cl3N2O2. The molecule has 1 N–H and O–H groups in total. The number of nitrogens with one attached hydrogen (secondary N) is 1. The summed E-state index contributed by atoms with van der Waals surface area (Å²) in [4.78, 5) is 2.43. The number of hydrogen-bond acceptors (Lipinski definition) is 4. The highest BCUT2D eigenvalue weighted by atomic mass is 35.5. The lowest BCUT2D eigenvalue weighted by atomic mass is 10.2.